The Balaban J connectivity index is 2.79. The van der Waals surface area contributed by atoms with Gasteiger partial charge < -0.3 is 15.3 Å². The quantitative estimate of drug-likeness (QED) is 0.465. The van der Waals surface area contributed by atoms with E-state index >= 15 is 0 Å². The summed E-state index contributed by atoms with van der Waals surface area (Å²) < 4.78 is 0. The lowest BCUT2D eigenvalue weighted by Crippen LogP contribution is -2.20. The van der Waals surface area contributed by atoms with Crippen LogP contribution in [0.1, 0.15) is 17.3 Å². The largest absolute Gasteiger partial charge is 0.395 e. The number of likely N-dealkylation sites (N-methyl/N-ethyl adjacent to an activating group) is 1. The van der Waals surface area contributed by atoms with E-state index < -0.39 is 5.91 Å². The fourth-order valence-electron chi connectivity index (χ4n) is 1.57. The Hall–Kier alpha value is -2.65. The number of aliphatic hydroxyl groups is 1. The molecule has 0 unspecified atom stereocenters. The van der Waals surface area contributed by atoms with Crippen molar-refractivity contribution in [3.63, 3.8) is 0 Å². The highest BCUT2D eigenvalue weighted by atomic mass is 16.3. The maximum absolute atomic E-state index is 11.9. The molecule has 1 rings (SSSR count). The van der Waals surface area contributed by atoms with E-state index in [2.05, 4.69) is 5.32 Å². The third kappa shape index (κ3) is 5.09. The number of nitriles is 1. The molecule has 0 fully saturated rings. The first-order chi connectivity index (χ1) is 9.97. The number of amides is 1. The van der Waals surface area contributed by atoms with Crippen molar-refractivity contribution in [3.05, 3.63) is 41.6 Å². The molecule has 6 heteroatoms. The predicted octanol–water partition coefficient (Wildman–Crippen LogP) is 1.16. The minimum Gasteiger partial charge on any atom is -0.395 e. The number of anilines is 1. The molecule has 1 aromatic rings. The van der Waals surface area contributed by atoms with Crippen LogP contribution in [-0.2, 0) is 4.79 Å². The smallest absolute Gasteiger partial charge is 0.267 e. The van der Waals surface area contributed by atoms with E-state index in [1.54, 1.807) is 36.2 Å². The average Bonchev–Trinajstić information content (AvgIpc) is 2.45. The zero-order valence-electron chi connectivity index (χ0n) is 12.0. The molecule has 0 atom stereocenters. The molecule has 0 aliphatic heterocycles. The maximum Gasteiger partial charge on any atom is 0.267 e. The fourth-order valence-corrected chi connectivity index (χ4v) is 1.57. The Morgan fingerprint density at radius 3 is 2.48 bits per heavy atom. The van der Waals surface area contributed by atoms with E-state index in [-0.39, 0.29) is 18.0 Å². The Labute approximate surface area is 123 Å². The van der Waals surface area contributed by atoms with E-state index in [0.717, 1.165) is 0 Å². The van der Waals surface area contributed by atoms with Gasteiger partial charge in [0, 0.05) is 31.0 Å². The van der Waals surface area contributed by atoms with Gasteiger partial charge in [-0.05, 0) is 31.2 Å². The van der Waals surface area contributed by atoms with Crippen LogP contribution in [0.25, 0.3) is 0 Å². The molecule has 0 aliphatic carbocycles. The molecule has 1 amide bonds. The van der Waals surface area contributed by atoms with Gasteiger partial charge in [-0.2, -0.15) is 5.26 Å². The summed E-state index contributed by atoms with van der Waals surface area (Å²) in [6.45, 7) is 1.71. The third-order valence-corrected chi connectivity index (χ3v) is 2.72. The number of hydrogen-bond acceptors (Lipinski definition) is 5. The molecule has 1 aromatic carbocycles. The van der Waals surface area contributed by atoms with Gasteiger partial charge in [0.05, 0.1) is 6.61 Å². The van der Waals surface area contributed by atoms with Crippen LogP contribution in [0.2, 0.25) is 0 Å². The average molecular weight is 287 g/mol. The summed E-state index contributed by atoms with van der Waals surface area (Å²) in [7, 11) is 1.66. The lowest BCUT2D eigenvalue weighted by molar-refractivity contribution is -0.112. The van der Waals surface area contributed by atoms with Crippen LogP contribution in [0.3, 0.4) is 0 Å². The number of Topliss-reactive ketones (excluding diaryl/α,β-unsaturated/α-hetero) is 1. The van der Waals surface area contributed by atoms with Crippen LogP contribution in [0.15, 0.2) is 36.0 Å². The van der Waals surface area contributed by atoms with Crippen molar-refractivity contribution in [1.82, 2.24) is 4.90 Å². The number of nitrogens with zero attached hydrogens (tertiary/aromatic N) is 2. The van der Waals surface area contributed by atoms with Crippen molar-refractivity contribution in [2.75, 3.05) is 25.5 Å². The van der Waals surface area contributed by atoms with Crippen molar-refractivity contribution in [2.45, 2.75) is 6.92 Å². The Bertz CT molecular complexity index is 585. The topological polar surface area (TPSA) is 93.4 Å². The maximum atomic E-state index is 11.9. The highest BCUT2D eigenvalue weighted by molar-refractivity contribution is 6.06. The molecule has 0 aromatic heterocycles. The minimum atomic E-state index is -0.544. The standard InChI is InChI=1S/C15H17N3O3/c1-11(20)12-3-5-14(6-4-12)17-15(21)13(9-16)10-18(2)7-8-19/h3-6,10,19H,7-8H2,1-2H3,(H,17,21)/b13-10-. The predicted molar refractivity (Wildman–Crippen MR) is 78.5 cm³/mol. The summed E-state index contributed by atoms with van der Waals surface area (Å²) in [4.78, 5) is 24.6. The second kappa shape index (κ2) is 7.82. The molecule has 0 aliphatic rings. The van der Waals surface area contributed by atoms with Crippen LogP contribution in [0.4, 0.5) is 5.69 Å². The lowest BCUT2D eigenvalue weighted by atomic mass is 10.1. The number of hydrogen-bond donors (Lipinski definition) is 2. The van der Waals surface area contributed by atoms with Crippen molar-refractivity contribution >= 4 is 17.4 Å². The zero-order chi connectivity index (χ0) is 15.8. The van der Waals surface area contributed by atoms with E-state index in [0.29, 0.717) is 17.8 Å². The van der Waals surface area contributed by atoms with Crippen molar-refractivity contribution < 1.29 is 14.7 Å². The summed E-state index contributed by atoms with van der Waals surface area (Å²) in [5.41, 5.74) is 0.976. The molecule has 0 heterocycles. The molecule has 0 radical (unpaired) electrons. The van der Waals surface area contributed by atoms with Crippen molar-refractivity contribution in [3.8, 4) is 6.07 Å². The number of carbonyl (C=O) groups excluding carboxylic acids is 2. The first-order valence-corrected chi connectivity index (χ1v) is 6.33. The second-order valence-corrected chi connectivity index (χ2v) is 4.45. The fraction of sp³-hybridized carbons (Fsp3) is 0.267. The number of nitrogens with one attached hydrogen (secondary N) is 1. The van der Waals surface area contributed by atoms with Crippen molar-refractivity contribution in [2.24, 2.45) is 0 Å². The number of ketones is 1. The molecule has 110 valence electrons. The zero-order valence-corrected chi connectivity index (χ0v) is 12.0. The van der Waals surface area contributed by atoms with Gasteiger partial charge in [0.15, 0.2) is 5.78 Å². The van der Waals surface area contributed by atoms with Gasteiger partial charge in [-0.3, -0.25) is 9.59 Å². The molecule has 0 saturated carbocycles. The normalized spacial score (nSPS) is 10.7. The van der Waals surface area contributed by atoms with E-state index in [1.165, 1.54) is 13.1 Å². The number of benzene rings is 1. The Morgan fingerprint density at radius 1 is 1.38 bits per heavy atom. The third-order valence-electron chi connectivity index (χ3n) is 2.72. The highest BCUT2D eigenvalue weighted by Gasteiger charge is 2.10. The minimum absolute atomic E-state index is 0.0592. The van der Waals surface area contributed by atoms with E-state index in [9.17, 15) is 9.59 Å². The Kier molecular flexibility index (Phi) is 6.11. The molecule has 2 N–H and O–H groups in total. The summed E-state index contributed by atoms with van der Waals surface area (Å²) in [5, 5.41) is 20.4. The highest BCUT2D eigenvalue weighted by Crippen LogP contribution is 2.11. The van der Waals surface area contributed by atoms with Crippen molar-refractivity contribution in [1.29, 1.82) is 5.26 Å². The lowest BCUT2D eigenvalue weighted by Gasteiger charge is -2.12. The van der Waals surface area contributed by atoms with Gasteiger partial charge >= 0.3 is 0 Å². The van der Waals surface area contributed by atoms with Gasteiger partial charge in [-0.25, -0.2) is 0 Å². The molecule has 6 nitrogen and oxygen atoms in total. The van der Waals surface area contributed by atoms with Gasteiger partial charge in [-0.15, -0.1) is 0 Å². The number of aliphatic hydroxyl groups excluding tert-OH is 1. The van der Waals surface area contributed by atoms with Crippen LogP contribution in [-0.4, -0.2) is 41.9 Å². The molecular weight excluding hydrogens is 270 g/mol. The first-order valence-electron chi connectivity index (χ1n) is 6.33. The molecule has 21 heavy (non-hydrogen) atoms. The number of carbonyl (C=O) groups is 2. The summed E-state index contributed by atoms with van der Waals surface area (Å²) >= 11 is 0. The molecule has 0 saturated heterocycles. The van der Waals surface area contributed by atoms with Gasteiger partial charge in [0.25, 0.3) is 5.91 Å². The van der Waals surface area contributed by atoms with Gasteiger partial charge in [0.2, 0.25) is 0 Å². The Morgan fingerprint density at radius 2 is 2.00 bits per heavy atom. The molecular formula is C15H17N3O3. The van der Waals surface area contributed by atoms with Crippen LogP contribution in [0, 0.1) is 11.3 Å². The second-order valence-electron chi connectivity index (χ2n) is 4.45. The van der Waals surface area contributed by atoms with E-state index in [1.807, 2.05) is 6.07 Å². The monoisotopic (exact) mass is 287 g/mol. The summed E-state index contributed by atoms with van der Waals surface area (Å²) in [6.07, 6.45) is 1.37. The first kappa shape index (κ1) is 16.4. The van der Waals surface area contributed by atoms with Gasteiger partial charge in [0.1, 0.15) is 11.6 Å². The van der Waals surface area contributed by atoms with Crippen LogP contribution in [0.5, 0.6) is 0 Å². The van der Waals surface area contributed by atoms with E-state index in [4.69, 9.17) is 10.4 Å². The summed E-state index contributed by atoms with van der Waals surface area (Å²) in [5.74, 6) is -0.603. The molecule has 0 spiro atoms. The van der Waals surface area contributed by atoms with Crippen LogP contribution >= 0.6 is 0 Å². The van der Waals surface area contributed by atoms with Gasteiger partial charge in [-0.1, -0.05) is 0 Å². The molecule has 0 bridgehead atoms. The SMILES string of the molecule is CC(=O)c1ccc(NC(=O)/C(C#N)=C\N(C)CCO)cc1. The summed E-state index contributed by atoms with van der Waals surface area (Å²) in [6, 6.07) is 8.21. The van der Waals surface area contributed by atoms with Crippen LogP contribution < -0.4 is 5.32 Å². The number of rotatable bonds is 6.